The summed E-state index contributed by atoms with van der Waals surface area (Å²) < 4.78 is 24.0. The number of nitrogens with zero attached hydrogens (tertiary/aromatic N) is 5. The topological polar surface area (TPSA) is 170 Å². The van der Waals surface area contributed by atoms with Crippen molar-refractivity contribution in [2.45, 2.75) is 85.1 Å². The summed E-state index contributed by atoms with van der Waals surface area (Å²) >= 11 is 1.53. The predicted octanol–water partition coefficient (Wildman–Crippen LogP) is 8.30. The Bertz CT molecular complexity index is 2560. The minimum atomic E-state index is -0.719. The normalized spacial score (nSPS) is 15.3. The van der Waals surface area contributed by atoms with Crippen LogP contribution in [-0.2, 0) is 30.3 Å². The van der Waals surface area contributed by atoms with Gasteiger partial charge in [0, 0.05) is 48.6 Å². The number of ether oxygens (including phenoxy) is 4. The van der Waals surface area contributed by atoms with Gasteiger partial charge in [-0.05, 0) is 120 Å². The molecule has 1 fully saturated rings. The Kier molecular flexibility index (Phi) is 12.9. The van der Waals surface area contributed by atoms with Crippen molar-refractivity contribution in [2.24, 2.45) is 0 Å². The van der Waals surface area contributed by atoms with E-state index in [9.17, 15) is 24.0 Å². The van der Waals surface area contributed by atoms with Crippen molar-refractivity contribution in [3.63, 3.8) is 0 Å². The minimum absolute atomic E-state index is 0.191. The lowest BCUT2D eigenvalue weighted by molar-refractivity contribution is -0.136. The summed E-state index contributed by atoms with van der Waals surface area (Å²) in [5, 5.41) is 3.16. The molecule has 1 N–H and O–H groups in total. The molecule has 5 amide bonds. The van der Waals surface area contributed by atoms with Gasteiger partial charge in [-0.15, -0.1) is 11.3 Å². The molecule has 2 aliphatic heterocycles. The minimum Gasteiger partial charge on any atom is -0.491 e. The number of pyridine rings is 1. The molecule has 4 heterocycles. The van der Waals surface area contributed by atoms with E-state index in [1.165, 1.54) is 21.1 Å². The Morgan fingerprint density at radius 2 is 1.59 bits per heavy atom. The zero-order valence-electron chi connectivity index (χ0n) is 36.8. The lowest BCUT2D eigenvalue weighted by Gasteiger charge is -2.29. The van der Waals surface area contributed by atoms with E-state index in [1.54, 1.807) is 42.4 Å². The number of aryl methyl sites for hydroxylation is 1. The van der Waals surface area contributed by atoms with E-state index in [0.717, 1.165) is 43.0 Å². The second-order valence-corrected chi connectivity index (χ2v) is 18.5. The van der Waals surface area contributed by atoms with Crippen LogP contribution in [0.4, 0.5) is 21.1 Å². The number of amides is 5. The molecule has 2 aliphatic rings. The lowest BCUT2D eigenvalue weighted by atomic mass is 10.0. The molecule has 5 aromatic rings. The molecule has 3 aromatic carbocycles. The molecule has 15 nitrogen and oxygen atoms in total. The van der Waals surface area contributed by atoms with E-state index in [0.29, 0.717) is 29.2 Å². The summed E-state index contributed by atoms with van der Waals surface area (Å²) in [6.45, 7) is 14.1. The summed E-state index contributed by atoms with van der Waals surface area (Å²) in [6, 6.07) is 20.1. The van der Waals surface area contributed by atoms with Crippen molar-refractivity contribution in [3.05, 3.63) is 89.6 Å². The van der Waals surface area contributed by atoms with Gasteiger partial charge in [-0.2, -0.15) is 0 Å². The molecule has 1 unspecified atom stereocenters. The van der Waals surface area contributed by atoms with Gasteiger partial charge in [0.25, 0.3) is 5.91 Å². The first-order valence-electron chi connectivity index (χ1n) is 20.8. The molecule has 0 saturated carbocycles. The average molecular weight is 877 g/mol. The van der Waals surface area contributed by atoms with Crippen molar-refractivity contribution in [1.29, 1.82) is 0 Å². The third kappa shape index (κ3) is 10.6. The highest BCUT2D eigenvalue weighted by Gasteiger charge is 2.39. The third-order valence-electron chi connectivity index (χ3n) is 10.3. The van der Waals surface area contributed by atoms with Crippen molar-refractivity contribution in [2.75, 3.05) is 43.2 Å². The SMILES string of the molecule is Cc1cc(-c2ccc(N(C)C(=O)OC(C)(C)C)nc2)ccc1-c1nc2ccc(N(CCOCCOc3ccc4c(c3)CN(C3CCC(=O)NC3=O)C4=O)C(=O)OC(C)(C)C)cc2s1. The molecule has 0 spiro atoms. The van der Waals surface area contributed by atoms with Crippen LogP contribution in [0, 0.1) is 6.92 Å². The van der Waals surface area contributed by atoms with Crippen LogP contribution in [-0.4, -0.2) is 95.4 Å². The number of aromatic nitrogens is 2. The number of anilines is 2. The Hall–Kier alpha value is -6.39. The van der Waals surface area contributed by atoms with Gasteiger partial charge >= 0.3 is 12.2 Å². The van der Waals surface area contributed by atoms with Crippen LogP contribution in [0.25, 0.3) is 31.9 Å². The fourth-order valence-corrected chi connectivity index (χ4v) is 8.31. The van der Waals surface area contributed by atoms with E-state index >= 15 is 0 Å². The number of carbonyl (C=O) groups is 5. The molecule has 0 aliphatic carbocycles. The van der Waals surface area contributed by atoms with Crippen LogP contribution in [0.1, 0.15) is 75.9 Å². The van der Waals surface area contributed by atoms with E-state index in [4.69, 9.17) is 23.9 Å². The molecule has 7 rings (SSSR count). The molecule has 16 heteroatoms. The van der Waals surface area contributed by atoms with Gasteiger partial charge in [-0.1, -0.05) is 18.2 Å². The number of thiazole rings is 1. The maximum absolute atomic E-state index is 13.5. The first kappa shape index (κ1) is 44.7. The van der Waals surface area contributed by atoms with Crippen LogP contribution in [0.15, 0.2) is 72.9 Å². The van der Waals surface area contributed by atoms with Crippen molar-refractivity contribution < 1.29 is 42.9 Å². The summed E-state index contributed by atoms with van der Waals surface area (Å²) in [7, 11) is 1.63. The molecule has 0 bridgehead atoms. The first-order chi connectivity index (χ1) is 29.8. The number of hydrogen-bond donors (Lipinski definition) is 1. The van der Waals surface area contributed by atoms with Crippen molar-refractivity contribution in [3.8, 4) is 27.4 Å². The predicted molar refractivity (Wildman–Crippen MR) is 240 cm³/mol. The molecule has 2 aromatic heterocycles. The number of imide groups is 1. The fraction of sp³-hybridized carbons (Fsp3) is 0.383. The molecule has 1 saturated heterocycles. The zero-order valence-corrected chi connectivity index (χ0v) is 37.6. The molecule has 330 valence electrons. The highest BCUT2D eigenvalue weighted by molar-refractivity contribution is 7.21. The number of piperidine rings is 1. The fourth-order valence-electron chi connectivity index (χ4n) is 7.22. The van der Waals surface area contributed by atoms with Crippen LogP contribution < -0.4 is 19.9 Å². The number of rotatable bonds is 12. The van der Waals surface area contributed by atoms with Gasteiger partial charge < -0.3 is 23.8 Å². The Morgan fingerprint density at radius 1 is 0.857 bits per heavy atom. The number of carbonyl (C=O) groups excluding carboxylic acids is 5. The Morgan fingerprint density at radius 3 is 2.29 bits per heavy atom. The van der Waals surface area contributed by atoms with E-state index < -0.39 is 35.3 Å². The molecule has 1 atom stereocenters. The van der Waals surface area contributed by atoms with E-state index in [-0.39, 0.29) is 51.1 Å². The summed E-state index contributed by atoms with van der Waals surface area (Å²) in [4.78, 5) is 77.0. The summed E-state index contributed by atoms with van der Waals surface area (Å²) in [6.07, 6.45) is 1.24. The highest BCUT2D eigenvalue weighted by Crippen LogP contribution is 2.36. The smallest absolute Gasteiger partial charge is 0.415 e. The second kappa shape index (κ2) is 18.1. The van der Waals surface area contributed by atoms with Gasteiger partial charge in [-0.3, -0.25) is 29.5 Å². The quantitative estimate of drug-likeness (QED) is 0.0945. The standard InChI is InChI=1S/C47H52N6O9S/c1-28-23-29(30-10-17-39(48-26-30)51(8)44(57)61-46(2,3)4)9-13-34(28)42-49-36-15-11-32(25-38(36)63-42)52(45(58)62-47(5,6)7)19-20-59-21-22-60-33-12-14-35-31(24-33)27-53(43(35)56)37-16-18-40(54)50-41(37)55/h9-15,17,23-26,37H,16,18-22,27H2,1-8H3,(H,50,54,55). The maximum Gasteiger partial charge on any atom is 0.415 e. The largest absolute Gasteiger partial charge is 0.491 e. The first-order valence-corrected chi connectivity index (χ1v) is 21.6. The second-order valence-electron chi connectivity index (χ2n) is 17.5. The van der Waals surface area contributed by atoms with Crippen LogP contribution in [0.3, 0.4) is 0 Å². The third-order valence-corrected chi connectivity index (χ3v) is 11.3. The number of benzene rings is 3. The van der Waals surface area contributed by atoms with Gasteiger partial charge in [-0.25, -0.2) is 19.6 Å². The summed E-state index contributed by atoms with van der Waals surface area (Å²) in [5.74, 6) is 0.0105. The Labute approximate surface area is 370 Å². The number of fused-ring (bicyclic) bond motifs is 2. The van der Waals surface area contributed by atoms with Crippen molar-refractivity contribution in [1.82, 2.24) is 20.2 Å². The Balaban J connectivity index is 0.968. The van der Waals surface area contributed by atoms with Gasteiger partial charge in [0.1, 0.15) is 40.4 Å². The van der Waals surface area contributed by atoms with Gasteiger partial charge in [0.15, 0.2) is 0 Å². The number of nitrogens with one attached hydrogen (secondary N) is 1. The van der Waals surface area contributed by atoms with Crippen LogP contribution in [0.5, 0.6) is 5.75 Å². The molecule has 0 radical (unpaired) electrons. The lowest BCUT2D eigenvalue weighted by Crippen LogP contribution is -2.52. The van der Waals surface area contributed by atoms with Gasteiger partial charge in [0.2, 0.25) is 11.8 Å². The average Bonchev–Trinajstić information content (AvgIpc) is 3.78. The monoisotopic (exact) mass is 876 g/mol. The maximum atomic E-state index is 13.5. The van der Waals surface area contributed by atoms with Crippen molar-refractivity contribution >= 4 is 63.0 Å². The van der Waals surface area contributed by atoms with Crippen LogP contribution >= 0.6 is 11.3 Å². The molecular formula is C47H52N6O9S. The molecular weight excluding hydrogens is 825 g/mol. The van der Waals surface area contributed by atoms with Crippen LogP contribution in [0.2, 0.25) is 0 Å². The van der Waals surface area contributed by atoms with E-state index in [2.05, 4.69) is 16.4 Å². The van der Waals surface area contributed by atoms with E-state index in [1.807, 2.05) is 84.9 Å². The van der Waals surface area contributed by atoms with Gasteiger partial charge in [0.05, 0.1) is 30.0 Å². The highest BCUT2D eigenvalue weighted by atomic mass is 32.1. The number of hydrogen-bond acceptors (Lipinski definition) is 12. The zero-order chi connectivity index (χ0) is 45.2. The molecule has 63 heavy (non-hydrogen) atoms. The summed E-state index contributed by atoms with van der Waals surface area (Å²) in [5.41, 5.74) is 5.25.